The van der Waals surface area contributed by atoms with Crippen molar-refractivity contribution in [2.75, 3.05) is 6.54 Å². The SMILES string of the molecule is CC1CCCN1ON.Cl.Cl. The van der Waals surface area contributed by atoms with E-state index in [2.05, 4.69) is 11.9 Å². The summed E-state index contributed by atoms with van der Waals surface area (Å²) in [4.78, 5) is 4.56. The Labute approximate surface area is 73.6 Å². The number of hydrogen-bond acceptors (Lipinski definition) is 3. The molecule has 5 heteroatoms. The summed E-state index contributed by atoms with van der Waals surface area (Å²) in [6.45, 7) is 3.09. The van der Waals surface area contributed by atoms with Crippen LogP contribution in [-0.4, -0.2) is 17.6 Å². The van der Waals surface area contributed by atoms with E-state index in [0.29, 0.717) is 6.04 Å². The minimum Gasteiger partial charge on any atom is -0.214 e. The number of halogens is 2. The average Bonchev–Trinajstić information content (AvgIpc) is 2.14. The van der Waals surface area contributed by atoms with Crippen LogP contribution in [0.1, 0.15) is 19.8 Å². The van der Waals surface area contributed by atoms with Gasteiger partial charge in [-0.3, -0.25) is 0 Å². The van der Waals surface area contributed by atoms with Crippen molar-refractivity contribution in [3.05, 3.63) is 0 Å². The predicted molar refractivity (Wildman–Crippen MR) is 45.2 cm³/mol. The summed E-state index contributed by atoms with van der Waals surface area (Å²) < 4.78 is 0. The second-order valence-corrected chi connectivity index (χ2v) is 2.24. The molecule has 0 saturated carbocycles. The van der Waals surface area contributed by atoms with Gasteiger partial charge in [-0.25, -0.2) is 4.94 Å². The van der Waals surface area contributed by atoms with Gasteiger partial charge in [-0.2, -0.15) is 11.0 Å². The quantitative estimate of drug-likeness (QED) is 0.628. The fraction of sp³-hybridized carbons (Fsp3) is 1.00. The van der Waals surface area contributed by atoms with Crippen LogP contribution in [0, 0.1) is 0 Å². The molecule has 1 fully saturated rings. The van der Waals surface area contributed by atoms with Crippen LogP contribution in [0.3, 0.4) is 0 Å². The van der Waals surface area contributed by atoms with Crippen LogP contribution in [0.2, 0.25) is 0 Å². The Morgan fingerprint density at radius 3 is 2.30 bits per heavy atom. The lowest BCUT2D eigenvalue weighted by molar-refractivity contribution is -0.168. The van der Waals surface area contributed by atoms with Crippen molar-refractivity contribution in [1.82, 2.24) is 5.06 Å². The Bertz CT molecular complexity index is 84.0. The highest BCUT2D eigenvalue weighted by atomic mass is 35.5. The Morgan fingerprint density at radius 1 is 1.50 bits per heavy atom. The van der Waals surface area contributed by atoms with Crippen LogP contribution in [-0.2, 0) is 4.94 Å². The van der Waals surface area contributed by atoms with Crippen LogP contribution in [0.4, 0.5) is 0 Å². The zero-order valence-electron chi connectivity index (χ0n) is 5.95. The number of nitrogens with zero attached hydrogens (tertiary/aromatic N) is 1. The third kappa shape index (κ3) is 3.03. The van der Waals surface area contributed by atoms with Gasteiger partial charge >= 0.3 is 0 Å². The van der Waals surface area contributed by atoms with Crippen LogP contribution in [0.15, 0.2) is 0 Å². The van der Waals surface area contributed by atoms with Gasteiger partial charge in [0.05, 0.1) is 0 Å². The third-order valence-corrected chi connectivity index (χ3v) is 1.63. The molecule has 1 saturated heterocycles. The van der Waals surface area contributed by atoms with E-state index in [9.17, 15) is 0 Å². The van der Waals surface area contributed by atoms with Crippen LogP contribution < -0.4 is 5.90 Å². The van der Waals surface area contributed by atoms with Gasteiger partial charge in [0.15, 0.2) is 0 Å². The highest BCUT2D eigenvalue weighted by Gasteiger charge is 2.19. The molecule has 1 heterocycles. The van der Waals surface area contributed by atoms with Crippen molar-refractivity contribution in [3.8, 4) is 0 Å². The van der Waals surface area contributed by atoms with E-state index in [4.69, 9.17) is 5.90 Å². The molecule has 0 radical (unpaired) electrons. The monoisotopic (exact) mass is 188 g/mol. The van der Waals surface area contributed by atoms with Gasteiger partial charge in [-0.15, -0.1) is 24.8 Å². The minimum absolute atomic E-state index is 0. The fourth-order valence-corrected chi connectivity index (χ4v) is 1.06. The Kier molecular flexibility index (Phi) is 8.09. The normalized spacial score (nSPS) is 25.2. The van der Waals surface area contributed by atoms with Crippen molar-refractivity contribution in [2.45, 2.75) is 25.8 Å². The van der Waals surface area contributed by atoms with E-state index in [1.807, 2.05) is 0 Å². The highest BCUT2D eigenvalue weighted by Crippen LogP contribution is 2.14. The Hall–Kier alpha value is 0.460. The van der Waals surface area contributed by atoms with Gasteiger partial charge in [0.2, 0.25) is 0 Å². The Morgan fingerprint density at radius 2 is 2.10 bits per heavy atom. The molecular formula is C5H14Cl2N2O. The van der Waals surface area contributed by atoms with E-state index >= 15 is 0 Å². The predicted octanol–water partition coefficient (Wildman–Crippen LogP) is 1.12. The molecule has 0 amide bonds. The molecule has 0 aromatic heterocycles. The first-order valence-corrected chi connectivity index (χ1v) is 2.98. The molecule has 1 unspecified atom stereocenters. The number of hydroxylamine groups is 2. The van der Waals surface area contributed by atoms with Gasteiger partial charge < -0.3 is 0 Å². The standard InChI is InChI=1S/C5H12N2O.2ClH/c1-5-3-2-4-7(5)8-6;;/h5H,2-4,6H2,1H3;2*1H. The van der Waals surface area contributed by atoms with Gasteiger partial charge in [0, 0.05) is 12.6 Å². The van der Waals surface area contributed by atoms with Crippen LogP contribution in [0.5, 0.6) is 0 Å². The van der Waals surface area contributed by atoms with Gasteiger partial charge in [-0.05, 0) is 19.8 Å². The average molecular weight is 189 g/mol. The van der Waals surface area contributed by atoms with E-state index in [0.717, 1.165) is 6.54 Å². The molecule has 2 N–H and O–H groups in total. The fourth-order valence-electron chi connectivity index (χ4n) is 1.06. The van der Waals surface area contributed by atoms with E-state index < -0.39 is 0 Å². The smallest absolute Gasteiger partial charge is 0.0343 e. The first-order valence-electron chi connectivity index (χ1n) is 2.98. The first kappa shape index (κ1) is 13.1. The van der Waals surface area contributed by atoms with Crippen molar-refractivity contribution in [2.24, 2.45) is 5.90 Å². The first-order chi connectivity index (χ1) is 3.84. The van der Waals surface area contributed by atoms with Crippen LogP contribution in [0.25, 0.3) is 0 Å². The largest absolute Gasteiger partial charge is 0.214 e. The molecule has 1 aliphatic rings. The topological polar surface area (TPSA) is 38.5 Å². The zero-order valence-corrected chi connectivity index (χ0v) is 7.58. The van der Waals surface area contributed by atoms with E-state index in [1.165, 1.54) is 12.8 Å². The second-order valence-electron chi connectivity index (χ2n) is 2.24. The molecule has 0 spiro atoms. The third-order valence-electron chi connectivity index (χ3n) is 1.63. The molecule has 64 valence electrons. The summed E-state index contributed by atoms with van der Waals surface area (Å²) in [5, 5.41) is 1.81. The van der Waals surface area contributed by atoms with Gasteiger partial charge in [-0.1, -0.05) is 0 Å². The molecule has 3 nitrogen and oxygen atoms in total. The molecular weight excluding hydrogens is 175 g/mol. The Balaban J connectivity index is 0. The molecule has 0 bridgehead atoms. The number of nitrogens with two attached hydrogens (primary N) is 1. The van der Waals surface area contributed by atoms with E-state index in [1.54, 1.807) is 5.06 Å². The molecule has 1 atom stereocenters. The summed E-state index contributed by atoms with van der Waals surface area (Å²) in [6.07, 6.45) is 2.41. The molecule has 1 rings (SSSR count). The zero-order chi connectivity index (χ0) is 5.98. The maximum Gasteiger partial charge on any atom is 0.0343 e. The highest BCUT2D eigenvalue weighted by molar-refractivity contribution is 5.85. The van der Waals surface area contributed by atoms with Gasteiger partial charge in [0.1, 0.15) is 0 Å². The summed E-state index contributed by atoms with van der Waals surface area (Å²) in [6, 6.07) is 0.514. The maximum atomic E-state index is 4.95. The summed E-state index contributed by atoms with van der Waals surface area (Å²) >= 11 is 0. The lowest BCUT2D eigenvalue weighted by atomic mass is 10.3. The number of hydrogen-bond donors (Lipinski definition) is 1. The van der Waals surface area contributed by atoms with Crippen molar-refractivity contribution in [1.29, 1.82) is 0 Å². The lowest BCUT2D eigenvalue weighted by Gasteiger charge is -2.15. The van der Waals surface area contributed by atoms with Gasteiger partial charge in [0.25, 0.3) is 0 Å². The molecule has 0 aromatic carbocycles. The molecule has 10 heavy (non-hydrogen) atoms. The lowest BCUT2D eigenvalue weighted by Crippen LogP contribution is -2.29. The number of rotatable bonds is 1. The van der Waals surface area contributed by atoms with Crippen molar-refractivity contribution >= 4 is 24.8 Å². The van der Waals surface area contributed by atoms with Crippen molar-refractivity contribution < 1.29 is 4.94 Å². The molecule has 0 aromatic rings. The summed E-state index contributed by atoms with van der Waals surface area (Å²) in [5.41, 5.74) is 0. The van der Waals surface area contributed by atoms with Crippen molar-refractivity contribution in [3.63, 3.8) is 0 Å². The summed E-state index contributed by atoms with van der Waals surface area (Å²) in [5.74, 6) is 4.95. The summed E-state index contributed by atoms with van der Waals surface area (Å²) in [7, 11) is 0. The molecule has 0 aliphatic carbocycles. The molecule has 1 aliphatic heterocycles. The maximum absolute atomic E-state index is 4.95. The second kappa shape index (κ2) is 6.19. The van der Waals surface area contributed by atoms with Crippen LogP contribution >= 0.6 is 24.8 Å². The minimum atomic E-state index is 0. The van der Waals surface area contributed by atoms with E-state index in [-0.39, 0.29) is 24.8 Å².